The summed E-state index contributed by atoms with van der Waals surface area (Å²) in [4.78, 5) is 73.2. The molecule has 0 atom stereocenters. The minimum Gasteiger partial charge on any atom is -0.493 e. The van der Waals surface area contributed by atoms with Crippen LogP contribution < -0.4 is 9.47 Å². The molecule has 0 saturated carbocycles. The number of benzene rings is 7. The van der Waals surface area contributed by atoms with Crippen molar-refractivity contribution in [1.82, 2.24) is 4.90 Å². The minimum absolute atomic E-state index is 0.0273. The second-order valence-corrected chi connectivity index (χ2v) is 37.1. The lowest BCUT2D eigenvalue weighted by Gasteiger charge is -2.19. The third kappa shape index (κ3) is 53.2. The van der Waals surface area contributed by atoms with Crippen LogP contribution in [0.15, 0.2) is 241 Å². The molecule has 0 spiro atoms. The van der Waals surface area contributed by atoms with Gasteiger partial charge in [-0.25, -0.2) is 19.2 Å². The Morgan fingerprint density at radius 3 is 1.07 bits per heavy atom. The number of ketones is 1. The maximum atomic E-state index is 12.3. The third-order valence-corrected chi connectivity index (χ3v) is 17.6. The zero-order valence-corrected chi connectivity index (χ0v) is 81.9. The molecule has 52 heteroatoms. The Bertz CT molecular complexity index is 6340. The summed E-state index contributed by atoms with van der Waals surface area (Å²) < 4.78 is 216. The number of amides is 1. The Kier molecular flexibility index (Phi) is 53.6. The van der Waals surface area contributed by atoms with Crippen molar-refractivity contribution in [1.29, 1.82) is 10.5 Å². The molecule has 135 heavy (non-hydrogen) atoms. The van der Waals surface area contributed by atoms with Crippen molar-refractivity contribution in [3.05, 3.63) is 245 Å². The second-order valence-electron chi connectivity index (χ2n) is 25.3. The first-order chi connectivity index (χ1) is 63.3. The Morgan fingerprint density at radius 1 is 0.378 bits per heavy atom. The first-order valence-corrected chi connectivity index (χ1v) is 51.6. The van der Waals surface area contributed by atoms with Gasteiger partial charge in [-0.2, -0.15) is 69.4 Å². The predicted molar refractivity (Wildman–Crippen MR) is 500 cm³/mol. The van der Waals surface area contributed by atoms with Crippen molar-refractivity contribution < 1.29 is 151 Å². The van der Waals surface area contributed by atoms with Crippen LogP contribution in [0.3, 0.4) is 0 Å². The van der Waals surface area contributed by atoms with E-state index in [0.717, 1.165) is 71.5 Å². The van der Waals surface area contributed by atoms with E-state index in [-0.39, 0.29) is 65.6 Å². The molecule has 1 amide bonds. The smallest absolute Gasteiger partial charge is 0.361 e. The SMILES string of the molecule is CCN(CC)C(=O)C(=NOS(C)(=O)=O)c1ccccc1.CCOC(=O)C(=NOS(C)(=O)=O)c1ccc(C)cc1.COC(=O)C(=NOS(C)(=O)=O)c1ccc(SC)cc1.COC(=O)C(=NOS(C)(=O)=O)c1ccccc1.COCCOC(=O)C(=NOS(C)(=O)=O)c1ccc(OC)c(OC)c1.CS(=O)(=O)ON=C(C#N)/C=C/c1ccccc1.CS(=O)(=O)ON=C(C#N)C(=O)/C=C/c1ccccc1. The van der Waals surface area contributed by atoms with Gasteiger partial charge in [0.05, 0.1) is 85.4 Å². The Labute approximate surface area is 786 Å². The van der Waals surface area contributed by atoms with E-state index < -0.39 is 106 Å². The zero-order chi connectivity index (χ0) is 102. The first-order valence-electron chi connectivity index (χ1n) is 37.7. The number of thioether (sulfide) groups is 1. The van der Waals surface area contributed by atoms with Crippen molar-refractivity contribution in [3.63, 3.8) is 0 Å². The van der Waals surface area contributed by atoms with Gasteiger partial charge < -0.3 is 38.1 Å². The molecule has 0 fully saturated rings. The van der Waals surface area contributed by atoms with Crippen molar-refractivity contribution in [2.24, 2.45) is 36.1 Å². The number of oxime groups is 7. The van der Waals surface area contributed by atoms with Gasteiger partial charge in [0.25, 0.3) is 5.91 Å². The number of hydrogen-bond donors (Lipinski definition) is 0. The number of allylic oxidation sites excluding steroid dienone is 2. The lowest BCUT2D eigenvalue weighted by molar-refractivity contribution is -0.137. The average molecular weight is 2030 g/mol. The number of carbonyl (C=O) groups is 6. The van der Waals surface area contributed by atoms with E-state index >= 15 is 0 Å². The molecule has 0 bridgehead atoms. The molecule has 0 unspecified atom stereocenters. The predicted octanol–water partition coefficient (Wildman–Crippen LogP) is 7.53. The number of rotatable bonds is 38. The van der Waals surface area contributed by atoms with Gasteiger partial charge >= 0.3 is 94.7 Å². The van der Waals surface area contributed by atoms with Gasteiger partial charge in [-0.3, -0.25) is 39.6 Å². The van der Waals surface area contributed by atoms with E-state index in [1.807, 2.05) is 63.4 Å². The molecule has 0 heterocycles. The number of carbonyl (C=O) groups excluding carboxylic acids is 6. The van der Waals surface area contributed by atoms with Crippen LogP contribution in [-0.4, -0.2) is 258 Å². The third-order valence-electron chi connectivity index (χ3n) is 14.4. The van der Waals surface area contributed by atoms with Crippen molar-refractivity contribution in [2.75, 3.05) is 119 Å². The summed E-state index contributed by atoms with van der Waals surface area (Å²) in [6, 6.07) is 56.3. The van der Waals surface area contributed by atoms with Crippen molar-refractivity contribution in [3.8, 4) is 23.6 Å². The molecule has 0 radical (unpaired) electrons. The molecule has 0 aliphatic heterocycles. The molecule has 7 aromatic carbocycles. The summed E-state index contributed by atoms with van der Waals surface area (Å²) in [6.07, 6.45) is 13.3. The number of esters is 4. The van der Waals surface area contributed by atoms with E-state index in [2.05, 4.69) is 75.6 Å². The number of nitrogens with zero attached hydrogens (tertiary/aromatic N) is 10. The fourth-order valence-electron chi connectivity index (χ4n) is 8.52. The van der Waals surface area contributed by atoms with Gasteiger partial charge in [0, 0.05) is 52.9 Å². The molecular weight excluding hydrogens is 1940 g/mol. The number of nitriles is 2. The molecule has 0 aromatic heterocycles. The number of methoxy groups -OCH3 is 5. The van der Waals surface area contributed by atoms with Gasteiger partial charge in [0.2, 0.25) is 11.5 Å². The summed E-state index contributed by atoms with van der Waals surface area (Å²) >= 11 is 1.54. The van der Waals surface area contributed by atoms with Crippen molar-refractivity contribution in [2.45, 2.75) is 32.6 Å². The number of ether oxygens (including phenoxy) is 7. The standard InChI is InChI=1S/C14H19NO8S.C13H18N2O4S.C12H10N2O4S.C12H15NO5S.C11H10N2O3S.C11H13NO5S2.C10H11NO5S/c1-19-7-8-22-14(16)13(15-23-24(4,17)18)10-5-6-11(20-2)12(9-10)21-3;1-4-15(5-2)13(16)12(14-19-20(3,17)18)11-9-7-6-8-10-11;1-19(16,17)18-14-11(9-13)12(15)8-7-10-5-3-2-4-6-10;1-4-17-12(14)11(13-18-19(3,15)16)10-7-5-9(2)6-8-10;1-17(14,15)16-13-11(9-12)8-7-10-5-3-2-4-6-10;1-16-11(13)10(12-17-19(3,14)15)8-4-6-9(18-2)7-5-8;1-15-10(12)9(11-16-17(2,13)14)8-6-4-3-5-7-8/h5-6,9H,7-8H2,1-4H3;6-10H,4-5H2,1-3H3;2-8H,1H3;5-8H,4H2,1-3H3;2-8H,1H3;4-7H,1-3H3;3-7H,1-2H3/b;;8-7+,14-11?;;8-7+,13-11?;;. The highest BCUT2D eigenvalue weighted by Crippen LogP contribution is 2.28. The fraction of sp³-hybridized carbons (Fsp3) is 0.265. The van der Waals surface area contributed by atoms with Crippen LogP contribution in [0.25, 0.3) is 12.2 Å². The molecule has 730 valence electrons. The average Bonchev–Trinajstić information content (AvgIpc) is 0.794. The summed E-state index contributed by atoms with van der Waals surface area (Å²) in [7, 11) is -19.8. The van der Waals surface area contributed by atoms with Gasteiger partial charge in [0.1, 0.15) is 18.7 Å². The number of likely N-dealkylation sites (N-methyl/N-ethyl adjacent to an activating group) is 1. The van der Waals surface area contributed by atoms with Crippen LogP contribution in [0.1, 0.15) is 65.3 Å². The topological polar surface area (TPSA) is 608 Å². The lowest BCUT2D eigenvalue weighted by atomic mass is 10.1. The van der Waals surface area contributed by atoms with Gasteiger partial charge in [-0.05, 0) is 92.7 Å². The van der Waals surface area contributed by atoms with Crippen LogP contribution in [-0.2, 0) is 153 Å². The second kappa shape index (κ2) is 60.8. The largest absolute Gasteiger partial charge is 0.493 e. The Balaban J connectivity index is 0.000000790. The first kappa shape index (κ1) is 119. The van der Waals surface area contributed by atoms with Crippen LogP contribution in [0.2, 0.25) is 0 Å². The molecule has 44 nitrogen and oxygen atoms in total. The van der Waals surface area contributed by atoms with Crippen LogP contribution in [0.5, 0.6) is 11.5 Å². The van der Waals surface area contributed by atoms with Gasteiger partial charge in [0.15, 0.2) is 45.8 Å². The normalized spacial score (nSPS) is 12.0. The summed E-state index contributed by atoms with van der Waals surface area (Å²) in [6.45, 7) is 8.50. The molecule has 0 aliphatic carbocycles. The van der Waals surface area contributed by atoms with E-state index in [4.69, 9.17) is 34.2 Å². The summed E-state index contributed by atoms with van der Waals surface area (Å²) in [5.41, 5.74) is 2.87. The summed E-state index contributed by atoms with van der Waals surface area (Å²) in [5.74, 6) is -3.53. The van der Waals surface area contributed by atoms with Gasteiger partial charge in [-0.1, -0.05) is 206 Å². The molecule has 0 aliphatic rings. The molecule has 0 saturated heterocycles. The maximum absolute atomic E-state index is 12.3. The van der Waals surface area contributed by atoms with Crippen LogP contribution in [0.4, 0.5) is 0 Å². The Morgan fingerprint density at radius 2 is 0.711 bits per heavy atom. The highest BCUT2D eigenvalue weighted by atomic mass is 32.2. The number of aryl methyl sites for hydroxylation is 1. The monoisotopic (exact) mass is 2030 g/mol. The highest BCUT2D eigenvalue weighted by Gasteiger charge is 2.25. The van der Waals surface area contributed by atoms with E-state index in [1.54, 1.807) is 153 Å². The molecular formula is C83H96N10O34S8. The highest BCUT2D eigenvalue weighted by molar-refractivity contribution is 7.98. The minimum atomic E-state index is -3.89. The summed E-state index contributed by atoms with van der Waals surface area (Å²) in [5, 5.41) is 40.5. The number of hydrogen-bond acceptors (Lipinski definition) is 44. The maximum Gasteiger partial charge on any atom is 0.361 e. The molecule has 0 N–H and O–H groups in total. The molecule has 7 rings (SSSR count). The van der Waals surface area contributed by atoms with Crippen LogP contribution >= 0.6 is 11.8 Å². The molecule has 7 aromatic rings. The fourth-order valence-corrected chi connectivity index (χ4v) is 10.4. The van der Waals surface area contributed by atoms with Crippen molar-refractivity contribution >= 4 is 170 Å². The van der Waals surface area contributed by atoms with E-state index in [9.17, 15) is 87.7 Å². The van der Waals surface area contributed by atoms with Crippen LogP contribution in [0, 0.1) is 29.6 Å². The quantitative estimate of drug-likeness (QED) is 0.00686. The zero-order valence-electron chi connectivity index (χ0n) is 75.4. The lowest BCUT2D eigenvalue weighted by Crippen LogP contribution is -2.37. The van der Waals surface area contributed by atoms with E-state index in [0.29, 0.717) is 46.8 Å². The Hall–Kier alpha value is -14.1. The van der Waals surface area contributed by atoms with Gasteiger partial charge in [-0.15, -0.1) is 11.8 Å². The van der Waals surface area contributed by atoms with E-state index in [1.165, 1.54) is 88.6 Å².